The molecule has 0 saturated carbocycles. The normalized spacial score (nSPS) is 13.0. The third kappa shape index (κ3) is 1.72. The molecule has 2 N–H and O–H groups in total. The van der Waals surface area contributed by atoms with E-state index in [-0.39, 0.29) is 11.2 Å². The van der Waals surface area contributed by atoms with Gasteiger partial charge in [0, 0.05) is 14.1 Å². The SMILES string of the molecule is Cc1nonc1C(N)n1cnc2c1c(=O)n(C)c(=O)n2C. The molecule has 1 atom stereocenters. The summed E-state index contributed by atoms with van der Waals surface area (Å²) in [6.45, 7) is 1.69. The maximum absolute atomic E-state index is 12.3. The first-order valence-electron chi connectivity index (χ1n) is 6.10. The lowest BCUT2D eigenvalue weighted by Crippen LogP contribution is -2.38. The summed E-state index contributed by atoms with van der Waals surface area (Å²) in [7, 11) is 2.94. The molecule has 110 valence electrons. The van der Waals surface area contributed by atoms with Gasteiger partial charge >= 0.3 is 5.69 Å². The summed E-state index contributed by atoms with van der Waals surface area (Å²) in [6.07, 6.45) is 0.607. The van der Waals surface area contributed by atoms with E-state index in [1.54, 1.807) is 6.92 Å². The average molecular weight is 291 g/mol. The van der Waals surface area contributed by atoms with Crippen LogP contribution in [0.1, 0.15) is 17.6 Å². The predicted molar refractivity (Wildman–Crippen MR) is 71.6 cm³/mol. The Morgan fingerprint density at radius 1 is 1.24 bits per heavy atom. The van der Waals surface area contributed by atoms with Gasteiger partial charge in [-0.25, -0.2) is 14.4 Å². The molecule has 0 radical (unpaired) electrons. The number of aromatic nitrogens is 6. The highest BCUT2D eigenvalue weighted by Gasteiger charge is 2.22. The third-order valence-corrected chi connectivity index (χ3v) is 3.44. The Hall–Kier alpha value is -2.75. The molecule has 1 unspecified atom stereocenters. The van der Waals surface area contributed by atoms with E-state index >= 15 is 0 Å². The lowest BCUT2D eigenvalue weighted by Gasteiger charge is -2.12. The van der Waals surface area contributed by atoms with Crippen LogP contribution in [0, 0.1) is 6.92 Å². The Labute approximate surface area is 117 Å². The quantitative estimate of drug-likeness (QED) is 0.617. The van der Waals surface area contributed by atoms with Crippen molar-refractivity contribution in [1.82, 2.24) is 29.0 Å². The number of nitrogens with two attached hydrogens (primary N) is 1. The van der Waals surface area contributed by atoms with Crippen molar-refractivity contribution in [3.63, 3.8) is 0 Å². The predicted octanol–water partition coefficient (Wildman–Crippen LogP) is -1.37. The second kappa shape index (κ2) is 4.38. The number of fused-ring (bicyclic) bond motifs is 1. The van der Waals surface area contributed by atoms with Crippen molar-refractivity contribution in [2.45, 2.75) is 13.1 Å². The Morgan fingerprint density at radius 2 is 1.95 bits per heavy atom. The first-order chi connectivity index (χ1) is 9.93. The van der Waals surface area contributed by atoms with Crippen molar-refractivity contribution in [3.8, 4) is 0 Å². The van der Waals surface area contributed by atoms with Crippen LogP contribution in [0.3, 0.4) is 0 Å². The Bertz CT molecular complexity index is 945. The van der Waals surface area contributed by atoms with Crippen LogP contribution in [0.25, 0.3) is 11.2 Å². The topological polar surface area (TPSA) is 127 Å². The summed E-state index contributed by atoms with van der Waals surface area (Å²) in [6, 6.07) is 0. The van der Waals surface area contributed by atoms with Gasteiger partial charge in [-0.1, -0.05) is 10.3 Å². The fourth-order valence-corrected chi connectivity index (χ4v) is 2.21. The van der Waals surface area contributed by atoms with Gasteiger partial charge in [-0.3, -0.25) is 13.9 Å². The molecule has 3 heterocycles. The minimum absolute atomic E-state index is 0.217. The second-order valence-corrected chi connectivity index (χ2v) is 4.71. The van der Waals surface area contributed by atoms with Crippen LogP contribution < -0.4 is 17.0 Å². The van der Waals surface area contributed by atoms with Gasteiger partial charge in [0.25, 0.3) is 5.56 Å². The van der Waals surface area contributed by atoms with Crippen LogP contribution in [0.5, 0.6) is 0 Å². The van der Waals surface area contributed by atoms with Crippen molar-refractivity contribution in [2.75, 3.05) is 0 Å². The molecule has 0 aliphatic rings. The van der Waals surface area contributed by atoms with Crippen LogP contribution in [0.15, 0.2) is 20.5 Å². The van der Waals surface area contributed by atoms with Crippen LogP contribution in [-0.2, 0) is 14.1 Å². The zero-order valence-corrected chi connectivity index (χ0v) is 11.6. The van der Waals surface area contributed by atoms with E-state index < -0.39 is 17.4 Å². The number of rotatable bonds is 2. The van der Waals surface area contributed by atoms with Crippen molar-refractivity contribution >= 4 is 11.2 Å². The average Bonchev–Trinajstić information content (AvgIpc) is 3.08. The maximum Gasteiger partial charge on any atom is 0.332 e. The molecule has 3 aromatic rings. The summed E-state index contributed by atoms with van der Waals surface area (Å²) in [5.74, 6) is 0. The van der Waals surface area contributed by atoms with Crippen LogP contribution >= 0.6 is 0 Å². The van der Waals surface area contributed by atoms with E-state index in [2.05, 4.69) is 19.9 Å². The molecule has 0 fully saturated rings. The first kappa shape index (κ1) is 13.2. The van der Waals surface area contributed by atoms with Crippen LogP contribution in [-0.4, -0.2) is 29.0 Å². The van der Waals surface area contributed by atoms with Gasteiger partial charge in [0.05, 0.1) is 6.33 Å². The number of hydrogen-bond acceptors (Lipinski definition) is 7. The van der Waals surface area contributed by atoms with E-state index in [0.717, 1.165) is 4.57 Å². The molecule has 0 aliphatic heterocycles. The molecule has 10 nitrogen and oxygen atoms in total. The molecule has 0 saturated heterocycles. The van der Waals surface area contributed by atoms with E-state index in [1.807, 2.05) is 0 Å². The number of nitrogens with zero attached hydrogens (tertiary/aromatic N) is 6. The fourth-order valence-electron chi connectivity index (χ4n) is 2.21. The van der Waals surface area contributed by atoms with E-state index in [9.17, 15) is 9.59 Å². The minimum Gasteiger partial charge on any atom is -0.306 e. The van der Waals surface area contributed by atoms with Crippen LogP contribution in [0.4, 0.5) is 0 Å². The standard InChI is InChI=1S/C11H13N7O3/c1-5-6(15-21-14-5)8(12)18-4-13-9-7(18)10(19)17(3)11(20)16(9)2/h4,8H,12H2,1-3H3. The number of hydrogen-bond donors (Lipinski definition) is 1. The summed E-state index contributed by atoms with van der Waals surface area (Å²) in [4.78, 5) is 28.3. The molecule has 0 bridgehead atoms. The second-order valence-electron chi connectivity index (χ2n) is 4.71. The van der Waals surface area contributed by atoms with Gasteiger partial charge < -0.3 is 10.3 Å². The van der Waals surface area contributed by atoms with E-state index in [0.29, 0.717) is 11.4 Å². The molecule has 0 aromatic carbocycles. The van der Waals surface area contributed by atoms with Crippen molar-refractivity contribution in [2.24, 2.45) is 19.8 Å². The summed E-state index contributed by atoms with van der Waals surface area (Å²) in [5.41, 5.74) is 6.56. The van der Waals surface area contributed by atoms with Crippen molar-refractivity contribution < 1.29 is 4.63 Å². The highest BCUT2D eigenvalue weighted by atomic mass is 16.6. The molecule has 0 aliphatic carbocycles. The summed E-state index contributed by atoms with van der Waals surface area (Å²) >= 11 is 0. The molecule has 21 heavy (non-hydrogen) atoms. The Kier molecular flexibility index (Phi) is 2.76. The lowest BCUT2D eigenvalue weighted by molar-refractivity contribution is 0.298. The zero-order valence-electron chi connectivity index (χ0n) is 11.6. The minimum atomic E-state index is -0.786. The highest BCUT2D eigenvalue weighted by molar-refractivity contribution is 5.70. The summed E-state index contributed by atoms with van der Waals surface area (Å²) < 4.78 is 8.36. The van der Waals surface area contributed by atoms with Crippen molar-refractivity contribution in [1.29, 1.82) is 0 Å². The molecule has 3 rings (SSSR count). The fraction of sp³-hybridized carbons (Fsp3) is 0.364. The monoisotopic (exact) mass is 291 g/mol. The summed E-state index contributed by atoms with van der Waals surface area (Å²) in [5, 5.41) is 7.39. The Balaban J connectivity index is 2.34. The van der Waals surface area contributed by atoms with Gasteiger partial charge in [0.15, 0.2) is 11.2 Å². The number of aryl methyl sites for hydroxylation is 2. The maximum atomic E-state index is 12.3. The lowest BCUT2D eigenvalue weighted by atomic mass is 10.3. The van der Waals surface area contributed by atoms with E-state index in [4.69, 9.17) is 5.73 Å². The first-order valence-corrected chi connectivity index (χ1v) is 6.10. The van der Waals surface area contributed by atoms with Crippen molar-refractivity contribution in [3.05, 3.63) is 38.6 Å². The van der Waals surface area contributed by atoms with Gasteiger partial charge in [-0.15, -0.1) is 0 Å². The van der Waals surface area contributed by atoms with E-state index in [1.165, 1.54) is 29.6 Å². The third-order valence-electron chi connectivity index (χ3n) is 3.44. The molecule has 0 amide bonds. The largest absolute Gasteiger partial charge is 0.332 e. The molecular weight excluding hydrogens is 278 g/mol. The van der Waals surface area contributed by atoms with Gasteiger partial charge in [-0.2, -0.15) is 0 Å². The molecular formula is C11H13N7O3. The molecule has 10 heteroatoms. The Morgan fingerprint density at radius 3 is 2.57 bits per heavy atom. The van der Waals surface area contributed by atoms with Crippen LogP contribution in [0.2, 0.25) is 0 Å². The molecule has 3 aromatic heterocycles. The van der Waals surface area contributed by atoms with Gasteiger partial charge in [0.2, 0.25) is 0 Å². The van der Waals surface area contributed by atoms with Gasteiger partial charge in [-0.05, 0) is 6.92 Å². The molecule has 0 spiro atoms. The number of imidazole rings is 1. The van der Waals surface area contributed by atoms with Gasteiger partial charge in [0.1, 0.15) is 17.6 Å². The smallest absolute Gasteiger partial charge is 0.306 e. The zero-order chi connectivity index (χ0) is 15.3. The highest BCUT2D eigenvalue weighted by Crippen LogP contribution is 2.17.